The Bertz CT molecular complexity index is 1570. The summed E-state index contributed by atoms with van der Waals surface area (Å²) in [5.74, 6) is -0.0925. The minimum Gasteiger partial charge on any atom is -0.488 e. The van der Waals surface area contributed by atoms with E-state index in [-0.39, 0.29) is 42.5 Å². The number of nitrogen functional groups attached to an aromatic ring is 1. The molecular formula is C37H48N6O5. The molecule has 1 saturated carbocycles. The van der Waals surface area contributed by atoms with Crippen LogP contribution in [-0.4, -0.2) is 77.7 Å². The number of ether oxygens (including phenoxy) is 1. The predicted octanol–water partition coefficient (Wildman–Crippen LogP) is 5.33. The smallest absolute Gasteiger partial charge is 0.319 e. The Kier molecular flexibility index (Phi) is 11.6. The lowest BCUT2D eigenvalue weighted by atomic mass is 9.96. The van der Waals surface area contributed by atoms with E-state index >= 15 is 0 Å². The molecule has 1 aliphatic carbocycles. The molecule has 11 nitrogen and oxygen atoms in total. The van der Waals surface area contributed by atoms with E-state index in [4.69, 9.17) is 10.5 Å². The first-order valence-corrected chi connectivity index (χ1v) is 16.8. The van der Waals surface area contributed by atoms with Crippen LogP contribution in [0.5, 0.6) is 5.75 Å². The molecule has 3 aromatic carbocycles. The monoisotopic (exact) mass is 656 g/mol. The number of anilines is 3. The van der Waals surface area contributed by atoms with Gasteiger partial charge in [0.15, 0.2) is 0 Å². The van der Waals surface area contributed by atoms with E-state index in [0.29, 0.717) is 53.6 Å². The van der Waals surface area contributed by atoms with Crippen LogP contribution in [0, 0.1) is 5.92 Å². The number of nitrogens with two attached hydrogens (primary N) is 1. The fourth-order valence-electron chi connectivity index (χ4n) is 6.37. The van der Waals surface area contributed by atoms with Crippen LogP contribution in [0.25, 0.3) is 0 Å². The van der Waals surface area contributed by atoms with Crippen molar-refractivity contribution in [1.82, 2.24) is 15.1 Å². The maximum Gasteiger partial charge on any atom is 0.319 e. The summed E-state index contributed by atoms with van der Waals surface area (Å²) >= 11 is 0. The van der Waals surface area contributed by atoms with Crippen LogP contribution in [-0.2, 0) is 6.54 Å². The molecule has 3 atom stereocenters. The number of aliphatic hydroxyl groups is 1. The van der Waals surface area contributed by atoms with Crippen molar-refractivity contribution in [3.05, 3.63) is 83.4 Å². The molecule has 0 unspecified atom stereocenters. The van der Waals surface area contributed by atoms with Crippen LogP contribution in [0.2, 0.25) is 0 Å². The number of aliphatic hydroxyl groups excluding tert-OH is 1. The third-order valence-electron chi connectivity index (χ3n) is 9.23. The molecule has 0 radical (unpaired) electrons. The van der Waals surface area contributed by atoms with Crippen LogP contribution >= 0.6 is 0 Å². The van der Waals surface area contributed by atoms with Gasteiger partial charge < -0.3 is 36.4 Å². The number of para-hydroxylation sites is 2. The number of likely N-dealkylation sites (N-methyl/N-ethyl adjacent to an activating group) is 1. The molecule has 0 spiro atoms. The van der Waals surface area contributed by atoms with Gasteiger partial charge in [0.05, 0.1) is 29.6 Å². The van der Waals surface area contributed by atoms with Gasteiger partial charge in [-0.1, -0.05) is 50.5 Å². The molecule has 1 fully saturated rings. The van der Waals surface area contributed by atoms with Gasteiger partial charge in [0.1, 0.15) is 11.9 Å². The molecule has 3 aromatic rings. The molecule has 0 bridgehead atoms. The normalized spacial score (nSPS) is 19.0. The molecule has 0 saturated heterocycles. The number of rotatable bonds is 10. The molecule has 0 aromatic heterocycles. The van der Waals surface area contributed by atoms with E-state index in [1.807, 2.05) is 45.2 Å². The maximum absolute atomic E-state index is 13.8. The molecule has 11 heteroatoms. The Labute approximate surface area is 282 Å². The van der Waals surface area contributed by atoms with E-state index in [1.54, 1.807) is 47.4 Å². The molecule has 6 N–H and O–H groups in total. The zero-order valence-corrected chi connectivity index (χ0v) is 28.1. The lowest BCUT2D eigenvalue weighted by Crippen LogP contribution is -2.49. The van der Waals surface area contributed by atoms with Crippen molar-refractivity contribution in [2.75, 3.05) is 43.1 Å². The van der Waals surface area contributed by atoms with Gasteiger partial charge in [-0.15, -0.1) is 0 Å². The second kappa shape index (κ2) is 16.0. The molecule has 1 aliphatic heterocycles. The molecule has 5 rings (SSSR count). The molecule has 4 amide bonds. The van der Waals surface area contributed by atoms with E-state index in [1.165, 1.54) is 6.42 Å². The average molecular weight is 657 g/mol. The summed E-state index contributed by atoms with van der Waals surface area (Å²) in [6.45, 7) is 5.28. The van der Waals surface area contributed by atoms with Crippen LogP contribution in [0.4, 0.5) is 21.9 Å². The Balaban J connectivity index is 1.26. The molecule has 48 heavy (non-hydrogen) atoms. The Morgan fingerprint density at radius 1 is 1.04 bits per heavy atom. The van der Waals surface area contributed by atoms with E-state index in [9.17, 15) is 19.5 Å². The van der Waals surface area contributed by atoms with Crippen molar-refractivity contribution in [3.63, 3.8) is 0 Å². The van der Waals surface area contributed by atoms with Gasteiger partial charge in [0.2, 0.25) is 0 Å². The van der Waals surface area contributed by atoms with Crippen LogP contribution in [0.3, 0.4) is 0 Å². The van der Waals surface area contributed by atoms with Gasteiger partial charge >= 0.3 is 6.03 Å². The number of urea groups is 1. The lowest BCUT2D eigenvalue weighted by molar-refractivity contribution is 0.0341. The second-order valence-electron chi connectivity index (χ2n) is 13.2. The fraction of sp³-hybridized carbons (Fsp3) is 0.432. The van der Waals surface area contributed by atoms with E-state index in [2.05, 4.69) is 20.9 Å². The highest BCUT2D eigenvalue weighted by Crippen LogP contribution is 2.31. The summed E-state index contributed by atoms with van der Waals surface area (Å²) in [6, 6.07) is 19.2. The summed E-state index contributed by atoms with van der Waals surface area (Å²) in [5.41, 5.74) is 9.45. The van der Waals surface area contributed by atoms with Gasteiger partial charge in [-0.25, -0.2) is 4.79 Å². The average Bonchev–Trinajstić information content (AvgIpc) is 3.08. The summed E-state index contributed by atoms with van der Waals surface area (Å²) in [4.78, 5) is 43.2. The van der Waals surface area contributed by atoms with E-state index < -0.39 is 6.04 Å². The number of carbonyl (C=O) groups excluding carboxylic acids is 3. The van der Waals surface area contributed by atoms with E-state index in [0.717, 1.165) is 31.2 Å². The van der Waals surface area contributed by atoms with Crippen molar-refractivity contribution in [2.24, 2.45) is 5.92 Å². The first-order chi connectivity index (χ1) is 23.1. The highest BCUT2D eigenvalue weighted by atomic mass is 16.5. The number of nitrogens with one attached hydrogen (secondary N) is 3. The van der Waals surface area contributed by atoms with Crippen molar-refractivity contribution < 1.29 is 24.2 Å². The second-order valence-corrected chi connectivity index (χ2v) is 13.2. The van der Waals surface area contributed by atoms with Crippen molar-refractivity contribution in [1.29, 1.82) is 0 Å². The molecular weight excluding hydrogens is 608 g/mol. The molecule has 2 aliphatic rings. The third-order valence-corrected chi connectivity index (χ3v) is 9.23. The van der Waals surface area contributed by atoms with Gasteiger partial charge in [0.25, 0.3) is 11.8 Å². The Hall–Kier alpha value is -4.61. The number of hydrogen-bond acceptors (Lipinski definition) is 7. The quantitative estimate of drug-likeness (QED) is 0.185. The van der Waals surface area contributed by atoms with Gasteiger partial charge in [-0.2, -0.15) is 0 Å². The van der Waals surface area contributed by atoms with Crippen LogP contribution < -0.4 is 26.4 Å². The summed E-state index contributed by atoms with van der Waals surface area (Å²) in [6.07, 6.45) is 5.09. The van der Waals surface area contributed by atoms with Gasteiger partial charge in [0, 0.05) is 42.8 Å². The first kappa shape index (κ1) is 34.7. The highest BCUT2D eigenvalue weighted by molar-refractivity contribution is 6.05. The zero-order chi connectivity index (χ0) is 34.2. The van der Waals surface area contributed by atoms with Gasteiger partial charge in [-0.3, -0.25) is 14.5 Å². The Morgan fingerprint density at radius 3 is 2.48 bits per heavy atom. The minimum absolute atomic E-state index is 0.0471. The third kappa shape index (κ3) is 8.84. The fourth-order valence-corrected chi connectivity index (χ4v) is 6.37. The highest BCUT2D eigenvalue weighted by Gasteiger charge is 2.33. The number of fused-ring (bicyclic) bond motifs is 1. The largest absolute Gasteiger partial charge is 0.488 e. The van der Waals surface area contributed by atoms with Crippen molar-refractivity contribution >= 4 is 34.9 Å². The van der Waals surface area contributed by atoms with Gasteiger partial charge in [-0.05, 0) is 74.8 Å². The summed E-state index contributed by atoms with van der Waals surface area (Å²) < 4.78 is 6.54. The van der Waals surface area contributed by atoms with Crippen LogP contribution in [0.1, 0.15) is 72.2 Å². The number of carbonyl (C=O) groups is 3. The molecule has 1 heterocycles. The molecule has 256 valence electrons. The standard InChI is InChI=1S/C37H48N6O5/c1-24-20-43(25(2)23-44)36(46)30-19-29(40-37(47)39-28-9-5-4-6-10-28)17-18-33(30)48-34(24)22-42(3)21-26-13-15-27(16-14-26)35(45)41-32-12-8-7-11-31(32)38/h7-8,11-19,24-25,28,34,44H,4-6,9-10,20-23,38H2,1-3H3,(H,41,45)(H2,39,40,47)/t24-,25+,34+/m1/s1. The van der Waals surface area contributed by atoms with Crippen LogP contribution in [0.15, 0.2) is 66.7 Å². The SMILES string of the molecule is C[C@@H]1CN([C@@H](C)CO)C(=O)c2cc(NC(=O)NC3CCCCC3)ccc2O[C@H]1CN(C)Cc1ccc(C(=O)Nc2ccccc2N)cc1. The van der Waals surface area contributed by atoms with Crippen molar-refractivity contribution in [3.8, 4) is 5.75 Å². The minimum atomic E-state index is -0.399. The number of benzene rings is 3. The number of amides is 4. The van der Waals surface area contributed by atoms with Crippen molar-refractivity contribution in [2.45, 2.75) is 70.7 Å². The predicted molar refractivity (Wildman–Crippen MR) is 188 cm³/mol. The number of nitrogens with zero attached hydrogens (tertiary/aromatic N) is 2. The lowest BCUT2D eigenvalue weighted by Gasteiger charge is -2.38. The first-order valence-electron chi connectivity index (χ1n) is 16.8. The zero-order valence-electron chi connectivity index (χ0n) is 28.1. The maximum atomic E-state index is 13.8. The summed E-state index contributed by atoms with van der Waals surface area (Å²) in [5, 5.41) is 18.8. The summed E-state index contributed by atoms with van der Waals surface area (Å²) in [7, 11) is 2.01. The number of hydrogen-bond donors (Lipinski definition) is 5. The Morgan fingerprint density at radius 2 is 1.77 bits per heavy atom. The topological polar surface area (TPSA) is 149 Å².